The van der Waals surface area contributed by atoms with Crippen LogP contribution in [0.4, 0.5) is 0 Å². The number of hydrogen-bond acceptors (Lipinski definition) is 5. The van der Waals surface area contributed by atoms with Gasteiger partial charge in [0.2, 0.25) is 5.91 Å². The lowest BCUT2D eigenvalue weighted by atomic mass is 9.97. The molecule has 1 aliphatic heterocycles. The number of rotatable bonds is 7. The first kappa shape index (κ1) is 14.4. The molecule has 6 heteroatoms. The monoisotopic (exact) mass is 246 g/mol. The Labute approximate surface area is 102 Å². The maximum absolute atomic E-state index is 11.3. The Morgan fingerprint density at radius 1 is 1.65 bits per heavy atom. The predicted molar refractivity (Wildman–Crippen MR) is 62.7 cm³/mol. The molecule has 0 aromatic rings. The summed E-state index contributed by atoms with van der Waals surface area (Å²) in [4.78, 5) is 11.3. The van der Waals surface area contributed by atoms with Crippen LogP contribution in [-0.4, -0.2) is 62.7 Å². The van der Waals surface area contributed by atoms with E-state index in [1.807, 2.05) is 6.92 Å². The highest BCUT2D eigenvalue weighted by Crippen LogP contribution is 2.24. The molecular formula is C11H22N2O4. The first-order valence-corrected chi connectivity index (χ1v) is 5.89. The SMILES string of the molecule is COCCNC(=O)CNCC1(O)CCOC1C. The second-order valence-corrected chi connectivity index (χ2v) is 4.31. The summed E-state index contributed by atoms with van der Waals surface area (Å²) in [5, 5.41) is 15.8. The van der Waals surface area contributed by atoms with Gasteiger partial charge in [0.15, 0.2) is 0 Å². The van der Waals surface area contributed by atoms with E-state index < -0.39 is 5.60 Å². The normalized spacial score (nSPS) is 28.3. The van der Waals surface area contributed by atoms with Crippen LogP contribution < -0.4 is 10.6 Å². The molecular weight excluding hydrogens is 224 g/mol. The Balaban J connectivity index is 2.12. The van der Waals surface area contributed by atoms with Crippen molar-refractivity contribution in [2.24, 2.45) is 0 Å². The third-order valence-corrected chi connectivity index (χ3v) is 3.00. The standard InChI is InChI=1S/C11H22N2O4/c1-9-11(15,3-5-17-9)8-12-7-10(14)13-4-6-16-2/h9,12,15H,3-8H2,1-2H3,(H,13,14). The van der Waals surface area contributed by atoms with Crippen LogP contribution in [0.25, 0.3) is 0 Å². The predicted octanol–water partition coefficient (Wildman–Crippen LogP) is -1.12. The van der Waals surface area contributed by atoms with Crippen LogP contribution in [-0.2, 0) is 14.3 Å². The van der Waals surface area contributed by atoms with Crippen LogP contribution in [0.3, 0.4) is 0 Å². The van der Waals surface area contributed by atoms with Crippen LogP contribution in [0.5, 0.6) is 0 Å². The van der Waals surface area contributed by atoms with E-state index in [0.29, 0.717) is 32.7 Å². The highest BCUT2D eigenvalue weighted by Gasteiger charge is 2.39. The summed E-state index contributed by atoms with van der Waals surface area (Å²) in [6, 6.07) is 0. The third kappa shape index (κ3) is 4.59. The molecule has 0 radical (unpaired) electrons. The summed E-state index contributed by atoms with van der Waals surface area (Å²) in [7, 11) is 1.58. The second kappa shape index (κ2) is 6.90. The molecule has 6 nitrogen and oxygen atoms in total. The molecule has 100 valence electrons. The Morgan fingerprint density at radius 2 is 2.41 bits per heavy atom. The summed E-state index contributed by atoms with van der Waals surface area (Å²) in [5.74, 6) is -0.0998. The molecule has 1 aliphatic rings. The molecule has 0 aromatic heterocycles. The van der Waals surface area contributed by atoms with Crippen LogP contribution in [0.15, 0.2) is 0 Å². The van der Waals surface area contributed by atoms with Crippen molar-refractivity contribution in [2.75, 3.05) is 40.0 Å². The summed E-state index contributed by atoms with van der Waals surface area (Å²) >= 11 is 0. The van der Waals surface area contributed by atoms with Crippen molar-refractivity contribution in [3.05, 3.63) is 0 Å². The highest BCUT2D eigenvalue weighted by molar-refractivity contribution is 5.77. The molecule has 0 aliphatic carbocycles. The van der Waals surface area contributed by atoms with Crippen molar-refractivity contribution in [2.45, 2.75) is 25.0 Å². The number of nitrogens with one attached hydrogen (secondary N) is 2. The number of methoxy groups -OCH3 is 1. The van der Waals surface area contributed by atoms with Gasteiger partial charge in [0.05, 0.1) is 19.3 Å². The topological polar surface area (TPSA) is 79.8 Å². The molecule has 0 saturated carbocycles. The molecule has 2 unspecified atom stereocenters. The van der Waals surface area contributed by atoms with E-state index >= 15 is 0 Å². The highest BCUT2D eigenvalue weighted by atomic mass is 16.5. The molecule has 0 spiro atoms. The smallest absolute Gasteiger partial charge is 0.234 e. The third-order valence-electron chi connectivity index (χ3n) is 3.00. The Hall–Kier alpha value is -0.690. The fourth-order valence-electron chi connectivity index (χ4n) is 1.75. The number of carbonyl (C=O) groups is 1. The van der Waals surface area contributed by atoms with Crippen molar-refractivity contribution < 1.29 is 19.4 Å². The van der Waals surface area contributed by atoms with Gasteiger partial charge < -0.3 is 25.2 Å². The van der Waals surface area contributed by atoms with Gasteiger partial charge in [0.25, 0.3) is 0 Å². The molecule has 2 atom stereocenters. The molecule has 17 heavy (non-hydrogen) atoms. The molecule has 0 bridgehead atoms. The van der Waals surface area contributed by atoms with Crippen LogP contribution >= 0.6 is 0 Å². The second-order valence-electron chi connectivity index (χ2n) is 4.31. The summed E-state index contributed by atoms with van der Waals surface area (Å²) in [6.45, 7) is 3.97. The summed E-state index contributed by atoms with van der Waals surface area (Å²) in [6.07, 6.45) is 0.415. The number of amides is 1. The first-order chi connectivity index (χ1) is 8.08. The average molecular weight is 246 g/mol. The number of hydrogen-bond donors (Lipinski definition) is 3. The molecule has 1 rings (SSSR count). The fraction of sp³-hybridized carbons (Fsp3) is 0.909. The van der Waals surface area contributed by atoms with Gasteiger partial charge in [-0.15, -0.1) is 0 Å². The lowest BCUT2D eigenvalue weighted by molar-refractivity contribution is -0.120. The van der Waals surface area contributed by atoms with Gasteiger partial charge in [-0.1, -0.05) is 0 Å². The molecule has 1 fully saturated rings. The number of aliphatic hydroxyl groups is 1. The van der Waals surface area contributed by atoms with E-state index in [4.69, 9.17) is 9.47 Å². The van der Waals surface area contributed by atoms with Crippen LogP contribution in [0.2, 0.25) is 0 Å². The maximum Gasteiger partial charge on any atom is 0.234 e. The van der Waals surface area contributed by atoms with Gasteiger partial charge in [-0.2, -0.15) is 0 Å². The van der Waals surface area contributed by atoms with Crippen molar-refractivity contribution >= 4 is 5.91 Å². The Morgan fingerprint density at radius 3 is 3.00 bits per heavy atom. The van der Waals surface area contributed by atoms with Gasteiger partial charge in [-0.3, -0.25) is 4.79 Å². The summed E-state index contributed by atoms with van der Waals surface area (Å²) in [5.41, 5.74) is -0.854. The van der Waals surface area contributed by atoms with Crippen molar-refractivity contribution in [3.8, 4) is 0 Å². The molecule has 3 N–H and O–H groups in total. The van der Waals surface area contributed by atoms with Crippen molar-refractivity contribution in [1.29, 1.82) is 0 Å². The van der Waals surface area contributed by atoms with E-state index in [-0.39, 0.29) is 18.6 Å². The van der Waals surface area contributed by atoms with E-state index in [9.17, 15) is 9.90 Å². The van der Waals surface area contributed by atoms with Crippen molar-refractivity contribution in [3.63, 3.8) is 0 Å². The fourth-order valence-corrected chi connectivity index (χ4v) is 1.75. The minimum atomic E-state index is -0.854. The van der Waals surface area contributed by atoms with Gasteiger partial charge in [0.1, 0.15) is 5.60 Å². The Kier molecular flexibility index (Phi) is 5.84. The zero-order chi connectivity index (χ0) is 12.7. The summed E-state index contributed by atoms with van der Waals surface area (Å²) < 4.78 is 10.1. The quantitative estimate of drug-likeness (QED) is 0.496. The first-order valence-electron chi connectivity index (χ1n) is 5.89. The van der Waals surface area contributed by atoms with E-state index in [2.05, 4.69) is 10.6 Å². The Bertz CT molecular complexity index is 250. The lowest BCUT2D eigenvalue weighted by Gasteiger charge is -2.26. The van der Waals surface area contributed by atoms with E-state index in [1.54, 1.807) is 7.11 Å². The molecule has 1 amide bonds. The number of carbonyl (C=O) groups excluding carboxylic acids is 1. The minimum Gasteiger partial charge on any atom is -0.386 e. The van der Waals surface area contributed by atoms with Gasteiger partial charge in [-0.25, -0.2) is 0 Å². The van der Waals surface area contributed by atoms with E-state index in [0.717, 1.165) is 0 Å². The zero-order valence-electron chi connectivity index (χ0n) is 10.5. The van der Waals surface area contributed by atoms with Crippen LogP contribution in [0.1, 0.15) is 13.3 Å². The van der Waals surface area contributed by atoms with Gasteiger partial charge in [-0.05, 0) is 6.92 Å². The molecule has 0 aromatic carbocycles. The maximum atomic E-state index is 11.3. The molecule has 1 heterocycles. The van der Waals surface area contributed by atoms with E-state index in [1.165, 1.54) is 0 Å². The lowest BCUT2D eigenvalue weighted by Crippen LogP contribution is -2.48. The number of ether oxygens (including phenoxy) is 2. The zero-order valence-corrected chi connectivity index (χ0v) is 10.5. The van der Waals surface area contributed by atoms with Gasteiger partial charge >= 0.3 is 0 Å². The van der Waals surface area contributed by atoms with Crippen molar-refractivity contribution in [1.82, 2.24) is 10.6 Å². The van der Waals surface area contributed by atoms with Crippen LogP contribution in [0, 0.1) is 0 Å². The van der Waals surface area contributed by atoms with Gasteiger partial charge in [0, 0.05) is 33.2 Å². The largest absolute Gasteiger partial charge is 0.386 e. The minimum absolute atomic E-state index is 0.0998. The molecule has 1 saturated heterocycles. The average Bonchev–Trinajstić information content (AvgIpc) is 2.60.